The zero-order chi connectivity index (χ0) is 7.11. The van der Waals surface area contributed by atoms with Crippen molar-refractivity contribution in [1.82, 2.24) is 5.43 Å². The van der Waals surface area contributed by atoms with Gasteiger partial charge in [0.1, 0.15) is 0 Å². The first kappa shape index (κ1) is 12.8. The average molecular weight is 219 g/mol. The Hall–Kier alpha value is 0.164. The molecule has 0 aromatic carbocycles. The summed E-state index contributed by atoms with van der Waals surface area (Å²) in [5.74, 6) is 6.34. The molecule has 0 aliphatic rings. The van der Waals surface area contributed by atoms with E-state index in [9.17, 15) is 4.79 Å². The summed E-state index contributed by atoms with van der Waals surface area (Å²) in [6, 6.07) is 0. The van der Waals surface area contributed by atoms with Crippen molar-refractivity contribution < 1.29 is 42.3 Å². The molecule has 0 spiro atoms. The molecule has 10 heavy (non-hydrogen) atoms. The van der Waals surface area contributed by atoms with Crippen molar-refractivity contribution in [2.75, 3.05) is 0 Å². The van der Waals surface area contributed by atoms with Gasteiger partial charge in [0.15, 0.2) is 0 Å². The Morgan fingerprint density at radius 1 is 1.80 bits per heavy atom. The summed E-state index contributed by atoms with van der Waals surface area (Å²) < 4.78 is 0. The van der Waals surface area contributed by atoms with Crippen LogP contribution in [0.2, 0.25) is 0 Å². The van der Waals surface area contributed by atoms with Crippen LogP contribution in [0.4, 0.5) is 0 Å². The molecule has 6 heteroatoms. The predicted molar refractivity (Wildman–Crippen MR) is 32.6 cm³/mol. The SMILES string of the molecule is CC(/C=N\NC=O)O[NH-].[Y]. The van der Waals surface area contributed by atoms with Crippen LogP contribution in [0.15, 0.2) is 5.10 Å². The minimum Gasteiger partial charge on any atom is -0.549 e. The van der Waals surface area contributed by atoms with Crippen LogP contribution in [-0.2, 0) is 42.3 Å². The summed E-state index contributed by atoms with van der Waals surface area (Å²) in [7, 11) is 0. The Bertz CT molecular complexity index is 109. The van der Waals surface area contributed by atoms with E-state index in [-0.39, 0.29) is 32.7 Å². The Morgan fingerprint density at radius 3 is 2.80 bits per heavy atom. The molecule has 0 rings (SSSR count). The van der Waals surface area contributed by atoms with Crippen LogP contribution in [0, 0.1) is 0 Å². The van der Waals surface area contributed by atoms with Crippen LogP contribution in [0.3, 0.4) is 0 Å². The van der Waals surface area contributed by atoms with E-state index in [1.54, 1.807) is 6.92 Å². The van der Waals surface area contributed by atoms with E-state index in [0.29, 0.717) is 6.41 Å². The molecule has 0 aromatic heterocycles. The number of amides is 1. The van der Waals surface area contributed by atoms with E-state index in [4.69, 9.17) is 5.90 Å². The summed E-state index contributed by atoms with van der Waals surface area (Å²) in [5.41, 5.74) is 2.04. The van der Waals surface area contributed by atoms with Gasteiger partial charge >= 0.3 is 0 Å². The first-order valence-corrected chi connectivity index (χ1v) is 2.36. The van der Waals surface area contributed by atoms with Crippen molar-refractivity contribution >= 4 is 12.6 Å². The van der Waals surface area contributed by atoms with Crippen molar-refractivity contribution in [3.05, 3.63) is 5.90 Å². The van der Waals surface area contributed by atoms with Crippen LogP contribution in [-0.4, -0.2) is 18.7 Å². The zero-order valence-corrected chi connectivity index (χ0v) is 8.41. The second kappa shape index (κ2) is 9.16. The van der Waals surface area contributed by atoms with Gasteiger partial charge in [-0.15, -0.1) is 0 Å². The quantitative estimate of drug-likeness (QED) is 0.413. The second-order valence-corrected chi connectivity index (χ2v) is 1.35. The maximum atomic E-state index is 9.56. The third-order valence-corrected chi connectivity index (χ3v) is 0.598. The molecule has 0 aliphatic heterocycles. The predicted octanol–water partition coefficient (Wildman–Crippen LogP) is 0.0880. The van der Waals surface area contributed by atoms with Gasteiger partial charge in [0.05, 0.1) is 12.3 Å². The largest absolute Gasteiger partial charge is 0.549 e. The third-order valence-electron chi connectivity index (χ3n) is 0.598. The average Bonchev–Trinajstić information content (AvgIpc) is 1.89. The molecule has 55 valence electrons. The van der Waals surface area contributed by atoms with Gasteiger partial charge in [-0.25, -0.2) is 5.43 Å². The molecule has 1 unspecified atom stereocenters. The number of nitrogens with one attached hydrogen (secondary N) is 2. The second-order valence-electron chi connectivity index (χ2n) is 1.35. The number of carbonyl (C=O) groups excluding carboxylic acids is 1. The summed E-state index contributed by atoms with van der Waals surface area (Å²) in [4.78, 5) is 13.6. The Balaban J connectivity index is 0. The monoisotopic (exact) mass is 219 g/mol. The van der Waals surface area contributed by atoms with Gasteiger partial charge in [-0.3, -0.25) is 4.79 Å². The molecule has 5 nitrogen and oxygen atoms in total. The van der Waals surface area contributed by atoms with E-state index < -0.39 is 6.10 Å². The van der Waals surface area contributed by atoms with Crippen molar-refractivity contribution in [2.24, 2.45) is 5.10 Å². The van der Waals surface area contributed by atoms with Gasteiger partial charge in [0.2, 0.25) is 6.41 Å². The number of hydrogen-bond donors (Lipinski definition) is 1. The molecule has 0 bridgehead atoms. The van der Waals surface area contributed by atoms with Crippen LogP contribution >= 0.6 is 0 Å². The molecule has 0 aliphatic carbocycles. The molecule has 0 aromatic rings. The number of hydrogen-bond acceptors (Lipinski definition) is 3. The fraction of sp³-hybridized carbons (Fsp3) is 0.500. The van der Waals surface area contributed by atoms with E-state index in [2.05, 4.69) is 9.94 Å². The van der Waals surface area contributed by atoms with Crippen molar-refractivity contribution in [1.29, 1.82) is 0 Å². The summed E-state index contributed by atoms with van der Waals surface area (Å²) in [6.07, 6.45) is 1.35. The van der Waals surface area contributed by atoms with Gasteiger partial charge in [0, 0.05) is 32.7 Å². The topological polar surface area (TPSA) is 74.5 Å². The molecule has 0 heterocycles. The van der Waals surface area contributed by atoms with E-state index >= 15 is 0 Å². The Kier molecular flexibility index (Phi) is 11.7. The smallest absolute Gasteiger partial charge is 0.227 e. The maximum Gasteiger partial charge on any atom is 0.227 e. The normalized spacial score (nSPS) is 12.2. The standard InChI is InChI=1S/C4H8N3O2.Y/c1-4(9-5)2-6-7-3-8;/h2-5H,1H3,(H,7,8);/q-1;/b6-2-;. The van der Waals surface area contributed by atoms with E-state index in [1.165, 1.54) is 6.21 Å². The minimum atomic E-state index is -0.391. The molecular weight excluding hydrogens is 211 g/mol. The van der Waals surface area contributed by atoms with Gasteiger partial charge < -0.3 is 10.7 Å². The number of hydrazone groups is 1. The molecule has 2 N–H and O–H groups in total. The molecular formula is C4H8N3O2Y-. The van der Waals surface area contributed by atoms with Crippen molar-refractivity contribution in [2.45, 2.75) is 13.0 Å². The van der Waals surface area contributed by atoms with E-state index in [0.717, 1.165) is 0 Å². The van der Waals surface area contributed by atoms with E-state index in [1.807, 2.05) is 5.43 Å². The summed E-state index contributed by atoms with van der Waals surface area (Å²) in [5, 5.41) is 3.37. The third kappa shape index (κ3) is 8.16. The van der Waals surface area contributed by atoms with Crippen molar-refractivity contribution in [3.63, 3.8) is 0 Å². The fourth-order valence-electron chi connectivity index (χ4n) is 0.209. The first-order valence-electron chi connectivity index (χ1n) is 2.36. The molecule has 1 atom stereocenters. The van der Waals surface area contributed by atoms with Crippen LogP contribution < -0.4 is 5.43 Å². The zero-order valence-electron chi connectivity index (χ0n) is 5.57. The van der Waals surface area contributed by atoms with Crippen LogP contribution in [0.1, 0.15) is 6.92 Å². The molecule has 1 radical (unpaired) electrons. The Labute approximate surface area is 84.2 Å². The molecule has 0 saturated heterocycles. The van der Waals surface area contributed by atoms with Gasteiger partial charge in [-0.05, 0) is 6.92 Å². The van der Waals surface area contributed by atoms with Gasteiger partial charge in [-0.1, -0.05) is 0 Å². The number of carbonyl (C=O) groups is 1. The van der Waals surface area contributed by atoms with Gasteiger partial charge in [-0.2, -0.15) is 5.10 Å². The van der Waals surface area contributed by atoms with Crippen molar-refractivity contribution in [3.8, 4) is 0 Å². The molecule has 0 fully saturated rings. The van der Waals surface area contributed by atoms with Gasteiger partial charge in [0.25, 0.3) is 0 Å². The summed E-state index contributed by atoms with van der Waals surface area (Å²) in [6.45, 7) is 1.63. The maximum absolute atomic E-state index is 9.56. The summed E-state index contributed by atoms with van der Waals surface area (Å²) >= 11 is 0. The minimum absolute atomic E-state index is 0. The van der Waals surface area contributed by atoms with Crippen LogP contribution in [0.25, 0.3) is 5.90 Å². The number of rotatable bonds is 4. The van der Waals surface area contributed by atoms with Crippen LogP contribution in [0.5, 0.6) is 0 Å². The fourth-order valence-corrected chi connectivity index (χ4v) is 0.209. The molecule has 0 saturated carbocycles. The first-order chi connectivity index (χ1) is 4.31. The number of nitrogens with zero attached hydrogens (tertiary/aromatic N) is 1. The Morgan fingerprint density at radius 2 is 2.40 bits per heavy atom. The molecule has 1 amide bonds.